The van der Waals surface area contributed by atoms with Gasteiger partial charge in [-0.2, -0.15) is 0 Å². The lowest BCUT2D eigenvalue weighted by Crippen LogP contribution is -1.64. The summed E-state index contributed by atoms with van der Waals surface area (Å²) >= 11 is 1.61. The average molecular weight is 175 g/mol. The zero-order valence-electron chi connectivity index (χ0n) is 6.58. The van der Waals surface area contributed by atoms with Gasteiger partial charge in [0.2, 0.25) is 0 Å². The number of thioether (sulfide) groups is 1. The third-order valence-electron chi connectivity index (χ3n) is 1.72. The van der Waals surface area contributed by atoms with E-state index in [0.29, 0.717) is 0 Å². The van der Waals surface area contributed by atoms with Crippen molar-refractivity contribution in [3.63, 3.8) is 0 Å². The number of hydrogen-bond acceptors (Lipinski definition) is 1. The molecule has 12 heavy (non-hydrogen) atoms. The normalized spacial score (nSPS) is 10.3. The van der Waals surface area contributed by atoms with Crippen molar-refractivity contribution in [2.75, 3.05) is 0 Å². The standard InChI is InChI=1S/C10H9NS/c1-2-12-10-7-8-5-3-4-6-9(8)11-10/h2-7,11H,1H2. The van der Waals surface area contributed by atoms with Gasteiger partial charge in [-0.3, -0.25) is 0 Å². The van der Waals surface area contributed by atoms with Crippen LogP contribution in [0.5, 0.6) is 0 Å². The van der Waals surface area contributed by atoms with Crippen molar-refractivity contribution in [2.24, 2.45) is 0 Å². The molecule has 1 nitrogen and oxygen atoms in total. The summed E-state index contributed by atoms with van der Waals surface area (Å²) in [5.74, 6) is 0. The van der Waals surface area contributed by atoms with Gasteiger partial charge in [0.25, 0.3) is 0 Å². The molecular weight excluding hydrogens is 166 g/mol. The van der Waals surface area contributed by atoms with Gasteiger partial charge < -0.3 is 4.98 Å². The van der Waals surface area contributed by atoms with E-state index < -0.39 is 0 Å². The first-order valence-electron chi connectivity index (χ1n) is 3.75. The molecule has 2 rings (SSSR count). The topological polar surface area (TPSA) is 15.8 Å². The lowest BCUT2D eigenvalue weighted by atomic mass is 10.3. The van der Waals surface area contributed by atoms with Crippen LogP contribution in [0.3, 0.4) is 0 Å². The summed E-state index contributed by atoms with van der Waals surface area (Å²) in [5.41, 5.74) is 1.18. The Morgan fingerprint density at radius 3 is 2.92 bits per heavy atom. The Bertz CT molecular complexity index is 370. The molecule has 60 valence electrons. The summed E-state index contributed by atoms with van der Waals surface area (Å²) in [6, 6.07) is 10.4. The molecule has 1 aromatic heterocycles. The molecule has 2 aromatic rings. The first kappa shape index (κ1) is 7.50. The number of benzene rings is 1. The molecule has 0 atom stereocenters. The first-order chi connectivity index (χ1) is 5.90. The van der Waals surface area contributed by atoms with Crippen LogP contribution in [0.25, 0.3) is 10.9 Å². The zero-order valence-corrected chi connectivity index (χ0v) is 7.40. The summed E-state index contributed by atoms with van der Waals surface area (Å²) in [4.78, 5) is 3.29. The van der Waals surface area contributed by atoms with Gasteiger partial charge in [0, 0.05) is 10.9 Å². The molecular formula is C10H9NS. The maximum Gasteiger partial charge on any atom is 0.0774 e. The van der Waals surface area contributed by atoms with Gasteiger partial charge in [0.05, 0.1) is 5.03 Å². The molecule has 0 spiro atoms. The molecule has 0 unspecified atom stereocenters. The monoisotopic (exact) mass is 175 g/mol. The largest absolute Gasteiger partial charge is 0.349 e. The van der Waals surface area contributed by atoms with E-state index >= 15 is 0 Å². The summed E-state index contributed by atoms with van der Waals surface area (Å²) in [6.45, 7) is 3.67. The molecule has 0 aliphatic heterocycles. The molecule has 1 N–H and O–H groups in total. The van der Waals surface area contributed by atoms with E-state index in [1.807, 2.05) is 17.5 Å². The van der Waals surface area contributed by atoms with Crippen molar-refractivity contribution in [1.82, 2.24) is 4.98 Å². The molecule has 0 saturated heterocycles. The second kappa shape index (κ2) is 3.07. The van der Waals surface area contributed by atoms with E-state index in [2.05, 4.69) is 29.8 Å². The van der Waals surface area contributed by atoms with Gasteiger partial charge in [0.15, 0.2) is 0 Å². The molecule has 2 heteroatoms. The molecule has 0 aliphatic carbocycles. The maximum absolute atomic E-state index is 3.67. The summed E-state index contributed by atoms with van der Waals surface area (Å²) in [7, 11) is 0. The van der Waals surface area contributed by atoms with Gasteiger partial charge in [-0.15, -0.1) is 0 Å². The Morgan fingerprint density at radius 2 is 2.17 bits per heavy atom. The Hall–Kier alpha value is -1.15. The number of rotatable bonds is 2. The Labute approximate surface area is 75.5 Å². The van der Waals surface area contributed by atoms with Crippen LogP contribution in [0.2, 0.25) is 0 Å². The van der Waals surface area contributed by atoms with Gasteiger partial charge in [0.1, 0.15) is 0 Å². The van der Waals surface area contributed by atoms with Gasteiger partial charge in [-0.25, -0.2) is 0 Å². The van der Waals surface area contributed by atoms with Crippen molar-refractivity contribution in [3.8, 4) is 0 Å². The van der Waals surface area contributed by atoms with Crippen LogP contribution in [0, 0.1) is 0 Å². The number of hydrogen-bond donors (Lipinski definition) is 1. The number of nitrogens with one attached hydrogen (secondary N) is 1. The Morgan fingerprint density at radius 1 is 1.33 bits per heavy atom. The highest BCUT2D eigenvalue weighted by Crippen LogP contribution is 2.22. The number of fused-ring (bicyclic) bond motifs is 1. The lowest BCUT2D eigenvalue weighted by molar-refractivity contribution is 1.25. The van der Waals surface area contributed by atoms with Crippen LogP contribution in [0.4, 0.5) is 0 Å². The minimum Gasteiger partial charge on any atom is -0.349 e. The molecule has 0 saturated carbocycles. The highest BCUT2D eigenvalue weighted by Gasteiger charge is 1.96. The van der Waals surface area contributed by atoms with E-state index in [4.69, 9.17) is 0 Å². The zero-order chi connectivity index (χ0) is 8.39. The smallest absolute Gasteiger partial charge is 0.0774 e. The van der Waals surface area contributed by atoms with Gasteiger partial charge >= 0.3 is 0 Å². The van der Waals surface area contributed by atoms with Crippen molar-refractivity contribution < 1.29 is 0 Å². The Balaban J connectivity index is 2.54. The van der Waals surface area contributed by atoms with E-state index in [1.165, 1.54) is 10.9 Å². The predicted octanol–water partition coefficient (Wildman–Crippen LogP) is 3.40. The highest BCUT2D eigenvalue weighted by molar-refractivity contribution is 8.02. The lowest BCUT2D eigenvalue weighted by Gasteiger charge is -1.85. The van der Waals surface area contributed by atoms with E-state index in [1.54, 1.807) is 11.8 Å². The van der Waals surface area contributed by atoms with E-state index in [0.717, 1.165) is 5.03 Å². The number of para-hydroxylation sites is 1. The maximum atomic E-state index is 3.67. The summed E-state index contributed by atoms with van der Waals surface area (Å²) in [6.07, 6.45) is 0. The van der Waals surface area contributed by atoms with Crippen molar-refractivity contribution >= 4 is 22.7 Å². The van der Waals surface area contributed by atoms with Crippen LogP contribution in [0.1, 0.15) is 0 Å². The van der Waals surface area contributed by atoms with Gasteiger partial charge in [-0.05, 0) is 17.5 Å². The van der Waals surface area contributed by atoms with Crippen LogP contribution < -0.4 is 0 Å². The number of aromatic nitrogens is 1. The third kappa shape index (κ3) is 1.25. The van der Waals surface area contributed by atoms with Crippen molar-refractivity contribution in [3.05, 3.63) is 42.3 Å². The van der Waals surface area contributed by atoms with Crippen LogP contribution in [0.15, 0.2) is 47.3 Å². The summed E-state index contributed by atoms with van der Waals surface area (Å²) < 4.78 is 0. The molecule has 0 bridgehead atoms. The third-order valence-corrected chi connectivity index (χ3v) is 2.36. The van der Waals surface area contributed by atoms with E-state index in [-0.39, 0.29) is 0 Å². The highest BCUT2D eigenvalue weighted by atomic mass is 32.2. The van der Waals surface area contributed by atoms with Crippen molar-refractivity contribution in [2.45, 2.75) is 5.03 Å². The van der Waals surface area contributed by atoms with Crippen molar-refractivity contribution in [1.29, 1.82) is 0 Å². The SMILES string of the molecule is C=CSc1cc2ccccc2[nH]1. The fourth-order valence-corrected chi connectivity index (χ4v) is 1.74. The average Bonchev–Trinajstić information content (AvgIpc) is 2.47. The molecule has 0 fully saturated rings. The van der Waals surface area contributed by atoms with E-state index in [9.17, 15) is 0 Å². The van der Waals surface area contributed by atoms with Gasteiger partial charge in [-0.1, -0.05) is 36.5 Å². The first-order valence-corrected chi connectivity index (χ1v) is 4.63. The number of aromatic amines is 1. The molecule has 1 aromatic carbocycles. The fraction of sp³-hybridized carbons (Fsp3) is 0. The second-order valence-corrected chi connectivity index (χ2v) is 3.51. The molecule has 0 radical (unpaired) electrons. The minimum atomic E-state index is 1.14. The fourth-order valence-electron chi connectivity index (χ4n) is 1.20. The number of H-pyrrole nitrogens is 1. The molecule has 0 amide bonds. The second-order valence-electron chi connectivity index (χ2n) is 2.51. The predicted molar refractivity (Wildman–Crippen MR) is 54.4 cm³/mol. The summed E-state index contributed by atoms with van der Waals surface area (Å²) in [5, 5.41) is 4.22. The minimum absolute atomic E-state index is 1.14. The molecule has 1 heterocycles. The molecule has 0 aliphatic rings. The quantitative estimate of drug-likeness (QED) is 0.691. The van der Waals surface area contributed by atoms with Crippen LogP contribution in [-0.4, -0.2) is 4.98 Å². The van der Waals surface area contributed by atoms with Crippen LogP contribution in [-0.2, 0) is 0 Å². The Kier molecular flexibility index (Phi) is 1.92. The van der Waals surface area contributed by atoms with Crippen LogP contribution >= 0.6 is 11.8 Å².